The molecule has 1 aliphatic heterocycles. The van der Waals surface area contributed by atoms with Crippen LogP contribution in [0.15, 0.2) is 30.3 Å². The number of nitrogens with zero attached hydrogens (tertiary/aromatic N) is 1. The standard InChI is InChI=1S/C15H19N5O4/c1-16-14(23)20(2)15(24)19-11(9-6-4-3-5-7-9)13(22)18-10-8-17-12(10)21/h3-7,10-11H,8H2,1-2H3,(H,16,23)(H,17,21)(H,18,22)(H,19,24). The van der Waals surface area contributed by atoms with Gasteiger partial charge in [-0.25, -0.2) is 14.5 Å². The summed E-state index contributed by atoms with van der Waals surface area (Å²) in [6.45, 7) is 0.345. The quantitative estimate of drug-likeness (QED) is 0.546. The minimum Gasteiger partial charge on any atom is -0.352 e. The van der Waals surface area contributed by atoms with E-state index < -0.39 is 30.1 Å². The van der Waals surface area contributed by atoms with Crippen molar-refractivity contribution in [2.45, 2.75) is 12.1 Å². The first-order valence-corrected chi connectivity index (χ1v) is 7.33. The molecule has 1 fully saturated rings. The molecule has 2 unspecified atom stereocenters. The molecule has 0 aromatic heterocycles. The minimum absolute atomic E-state index is 0.274. The topological polar surface area (TPSA) is 120 Å². The smallest absolute Gasteiger partial charge is 0.326 e. The van der Waals surface area contributed by atoms with Crippen LogP contribution in [-0.4, -0.2) is 55.5 Å². The van der Waals surface area contributed by atoms with Crippen LogP contribution in [0.3, 0.4) is 0 Å². The number of urea groups is 2. The number of hydrogen-bond acceptors (Lipinski definition) is 4. The van der Waals surface area contributed by atoms with Crippen LogP contribution in [0.2, 0.25) is 0 Å². The van der Waals surface area contributed by atoms with Gasteiger partial charge in [-0.1, -0.05) is 30.3 Å². The molecule has 2 rings (SSSR count). The van der Waals surface area contributed by atoms with Crippen molar-refractivity contribution in [3.05, 3.63) is 35.9 Å². The van der Waals surface area contributed by atoms with Crippen molar-refractivity contribution in [1.82, 2.24) is 26.2 Å². The molecule has 2 atom stereocenters. The second-order valence-corrected chi connectivity index (χ2v) is 5.21. The molecule has 0 aliphatic carbocycles. The van der Waals surface area contributed by atoms with Crippen LogP contribution >= 0.6 is 0 Å². The summed E-state index contributed by atoms with van der Waals surface area (Å²) in [6, 6.07) is 5.57. The average molecular weight is 333 g/mol. The predicted molar refractivity (Wildman–Crippen MR) is 84.9 cm³/mol. The summed E-state index contributed by atoms with van der Waals surface area (Å²) in [6.07, 6.45) is 0. The maximum absolute atomic E-state index is 12.5. The van der Waals surface area contributed by atoms with E-state index in [1.54, 1.807) is 30.3 Å². The normalized spacial score (nSPS) is 16.9. The highest BCUT2D eigenvalue weighted by atomic mass is 16.2. The fourth-order valence-corrected chi connectivity index (χ4v) is 2.09. The zero-order chi connectivity index (χ0) is 17.7. The van der Waals surface area contributed by atoms with Gasteiger partial charge in [0.05, 0.1) is 0 Å². The summed E-state index contributed by atoms with van der Waals surface area (Å²) >= 11 is 0. The van der Waals surface area contributed by atoms with Crippen molar-refractivity contribution in [1.29, 1.82) is 0 Å². The van der Waals surface area contributed by atoms with Gasteiger partial charge in [-0.3, -0.25) is 9.59 Å². The number of carbonyl (C=O) groups is 4. The summed E-state index contributed by atoms with van der Waals surface area (Å²) in [5.74, 6) is -0.802. The van der Waals surface area contributed by atoms with Crippen molar-refractivity contribution >= 4 is 23.9 Å². The van der Waals surface area contributed by atoms with E-state index in [1.807, 2.05) is 0 Å². The molecule has 1 heterocycles. The molecule has 4 N–H and O–H groups in total. The van der Waals surface area contributed by atoms with Gasteiger partial charge in [0.1, 0.15) is 12.1 Å². The van der Waals surface area contributed by atoms with Crippen molar-refractivity contribution in [3.8, 4) is 0 Å². The van der Waals surface area contributed by atoms with E-state index in [2.05, 4.69) is 21.3 Å². The van der Waals surface area contributed by atoms with E-state index in [9.17, 15) is 19.2 Å². The van der Waals surface area contributed by atoms with Gasteiger partial charge in [-0.2, -0.15) is 0 Å². The molecule has 0 saturated carbocycles. The Bertz CT molecular complexity index is 649. The van der Waals surface area contributed by atoms with Crippen molar-refractivity contribution in [2.75, 3.05) is 20.6 Å². The molecule has 24 heavy (non-hydrogen) atoms. The zero-order valence-electron chi connectivity index (χ0n) is 13.3. The first kappa shape index (κ1) is 17.3. The molecule has 1 aromatic rings. The van der Waals surface area contributed by atoms with Gasteiger partial charge < -0.3 is 21.3 Å². The van der Waals surface area contributed by atoms with Crippen LogP contribution in [0.1, 0.15) is 11.6 Å². The monoisotopic (exact) mass is 333 g/mol. The van der Waals surface area contributed by atoms with Gasteiger partial charge in [0, 0.05) is 20.6 Å². The Morgan fingerprint density at radius 1 is 1.21 bits per heavy atom. The maximum atomic E-state index is 12.5. The minimum atomic E-state index is -1.03. The van der Waals surface area contributed by atoms with Gasteiger partial charge in [-0.15, -0.1) is 0 Å². The predicted octanol–water partition coefficient (Wildman–Crippen LogP) is -0.677. The third-order valence-corrected chi connectivity index (χ3v) is 3.60. The Balaban J connectivity index is 2.14. The second-order valence-electron chi connectivity index (χ2n) is 5.21. The number of rotatable bonds is 4. The molecule has 1 aliphatic rings. The third kappa shape index (κ3) is 3.80. The lowest BCUT2D eigenvalue weighted by atomic mass is 10.0. The van der Waals surface area contributed by atoms with Crippen LogP contribution < -0.4 is 21.3 Å². The molecule has 9 nitrogen and oxygen atoms in total. The number of hydrogen-bond donors (Lipinski definition) is 4. The number of carbonyl (C=O) groups excluding carboxylic acids is 4. The molecule has 128 valence electrons. The molecule has 1 saturated heterocycles. The Hall–Kier alpha value is -3.10. The van der Waals surface area contributed by atoms with Crippen molar-refractivity contribution in [2.24, 2.45) is 0 Å². The van der Waals surface area contributed by atoms with Crippen LogP contribution in [0.4, 0.5) is 9.59 Å². The Morgan fingerprint density at radius 3 is 2.38 bits per heavy atom. The van der Waals surface area contributed by atoms with Gasteiger partial charge in [0.2, 0.25) is 11.8 Å². The highest BCUT2D eigenvalue weighted by Crippen LogP contribution is 2.14. The molecular formula is C15H19N5O4. The Morgan fingerprint density at radius 2 is 1.88 bits per heavy atom. The van der Waals surface area contributed by atoms with Crippen LogP contribution in [-0.2, 0) is 9.59 Å². The highest BCUT2D eigenvalue weighted by molar-refractivity contribution is 5.97. The van der Waals surface area contributed by atoms with Gasteiger partial charge in [-0.05, 0) is 5.56 Å². The largest absolute Gasteiger partial charge is 0.352 e. The van der Waals surface area contributed by atoms with Crippen molar-refractivity contribution < 1.29 is 19.2 Å². The number of benzene rings is 1. The fourth-order valence-electron chi connectivity index (χ4n) is 2.09. The SMILES string of the molecule is CNC(=O)N(C)C(=O)NC(C(=O)NC1CNC1=O)c1ccccc1. The summed E-state index contributed by atoms with van der Waals surface area (Å²) < 4.78 is 0. The summed E-state index contributed by atoms with van der Waals surface area (Å²) in [5.41, 5.74) is 0.536. The first-order chi connectivity index (χ1) is 11.4. The number of β-lactam (4-membered cyclic amide) rings is 1. The van der Waals surface area contributed by atoms with E-state index in [4.69, 9.17) is 0 Å². The highest BCUT2D eigenvalue weighted by Gasteiger charge is 2.33. The second kappa shape index (κ2) is 7.44. The summed E-state index contributed by atoms with van der Waals surface area (Å²) in [7, 11) is 2.68. The van der Waals surface area contributed by atoms with Crippen LogP contribution in [0.25, 0.3) is 0 Å². The average Bonchev–Trinajstić information content (AvgIpc) is 2.61. The number of amides is 6. The lowest BCUT2D eigenvalue weighted by Crippen LogP contribution is -2.63. The Kier molecular flexibility index (Phi) is 5.35. The van der Waals surface area contributed by atoms with E-state index in [0.29, 0.717) is 12.1 Å². The van der Waals surface area contributed by atoms with Crippen molar-refractivity contribution in [3.63, 3.8) is 0 Å². The molecule has 6 amide bonds. The zero-order valence-corrected chi connectivity index (χ0v) is 13.3. The molecule has 0 spiro atoms. The molecule has 0 bridgehead atoms. The van der Waals surface area contributed by atoms with Gasteiger partial charge in [0.15, 0.2) is 0 Å². The lowest BCUT2D eigenvalue weighted by Gasteiger charge is -2.29. The van der Waals surface area contributed by atoms with E-state index in [1.165, 1.54) is 14.1 Å². The van der Waals surface area contributed by atoms with Crippen LogP contribution in [0, 0.1) is 0 Å². The molecule has 0 radical (unpaired) electrons. The number of nitrogens with one attached hydrogen (secondary N) is 4. The maximum Gasteiger partial charge on any atom is 0.326 e. The molecule has 1 aromatic carbocycles. The lowest BCUT2D eigenvalue weighted by molar-refractivity contribution is -0.134. The third-order valence-electron chi connectivity index (χ3n) is 3.60. The molecule has 9 heteroatoms. The molecular weight excluding hydrogens is 314 g/mol. The summed E-state index contributed by atoms with van der Waals surface area (Å²) in [5, 5.41) is 9.91. The number of imide groups is 1. The van der Waals surface area contributed by atoms with Gasteiger partial charge in [0.25, 0.3) is 0 Å². The summed E-state index contributed by atoms with van der Waals surface area (Å²) in [4.78, 5) is 48.3. The van der Waals surface area contributed by atoms with E-state index >= 15 is 0 Å². The van der Waals surface area contributed by atoms with E-state index in [-0.39, 0.29) is 5.91 Å². The fraction of sp³-hybridized carbons (Fsp3) is 0.333. The van der Waals surface area contributed by atoms with Gasteiger partial charge >= 0.3 is 12.1 Å². The Labute approximate surface area is 138 Å². The first-order valence-electron chi connectivity index (χ1n) is 7.33. The van der Waals surface area contributed by atoms with Crippen LogP contribution in [0.5, 0.6) is 0 Å². The van der Waals surface area contributed by atoms with E-state index in [0.717, 1.165) is 4.90 Å².